The van der Waals surface area contributed by atoms with Gasteiger partial charge in [0.2, 0.25) is 5.91 Å². The second kappa shape index (κ2) is 7.91. The van der Waals surface area contributed by atoms with Gasteiger partial charge in [0.25, 0.3) is 0 Å². The molecule has 6 heteroatoms. The van der Waals surface area contributed by atoms with Crippen LogP contribution < -0.4 is 4.74 Å². The Morgan fingerprint density at radius 2 is 2.18 bits per heavy atom. The number of benzene rings is 1. The average Bonchev–Trinajstić information content (AvgIpc) is 3.45. The van der Waals surface area contributed by atoms with E-state index in [9.17, 15) is 9.90 Å². The van der Waals surface area contributed by atoms with Gasteiger partial charge in [-0.15, -0.1) is 0 Å². The Bertz CT molecular complexity index is 1120. The Morgan fingerprint density at radius 1 is 1.32 bits per heavy atom. The quantitative estimate of drug-likeness (QED) is 0.674. The minimum Gasteiger partial charge on any atom is -0.508 e. The lowest BCUT2D eigenvalue weighted by molar-refractivity contribution is -0.138. The zero-order valence-corrected chi connectivity index (χ0v) is 20.2. The minimum atomic E-state index is -0.133. The van der Waals surface area contributed by atoms with Crippen molar-refractivity contribution < 1.29 is 19.1 Å². The minimum absolute atomic E-state index is 0.00435. The fourth-order valence-electron chi connectivity index (χ4n) is 7.46. The number of amides is 1. The van der Waals surface area contributed by atoms with Crippen LogP contribution in [-0.2, 0) is 16.6 Å². The van der Waals surface area contributed by atoms with Crippen molar-refractivity contribution in [2.45, 2.75) is 63.1 Å². The summed E-state index contributed by atoms with van der Waals surface area (Å²) in [4.78, 5) is 18.1. The topological polar surface area (TPSA) is 66.2 Å². The van der Waals surface area contributed by atoms with Gasteiger partial charge in [0, 0.05) is 40.8 Å². The van der Waals surface area contributed by atoms with Crippen LogP contribution in [0.1, 0.15) is 49.8 Å². The Labute approximate surface area is 201 Å². The van der Waals surface area contributed by atoms with Gasteiger partial charge < -0.3 is 24.1 Å². The van der Waals surface area contributed by atoms with Crippen LogP contribution >= 0.6 is 0 Å². The normalized spacial score (nSPS) is 31.5. The summed E-state index contributed by atoms with van der Waals surface area (Å²) in [5.41, 5.74) is 3.05. The number of likely N-dealkylation sites (N-methyl/N-ethyl adjacent to an activating group) is 1. The van der Waals surface area contributed by atoms with E-state index in [-0.39, 0.29) is 23.5 Å². The summed E-state index contributed by atoms with van der Waals surface area (Å²) in [6.45, 7) is 6.03. The smallest absolute Gasteiger partial charge is 0.246 e. The molecular formula is C28H34N2O4. The number of carbonyl (C=O) groups excluding carboxylic acids is 1. The number of aromatic hydroxyl groups is 1. The Hall–Kier alpha value is -2.73. The van der Waals surface area contributed by atoms with Gasteiger partial charge in [-0.25, -0.2) is 0 Å². The van der Waals surface area contributed by atoms with Crippen LogP contribution in [-0.4, -0.2) is 59.1 Å². The van der Waals surface area contributed by atoms with Crippen molar-refractivity contribution in [1.29, 1.82) is 0 Å². The molecule has 1 aromatic carbocycles. The molecule has 4 aliphatic rings. The first-order valence-corrected chi connectivity index (χ1v) is 12.6. The monoisotopic (exact) mass is 462 g/mol. The second-order valence-electron chi connectivity index (χ2n) is 11.0. The maximum Gasteiger partial charge on any atom is 0.246 e. The van der Waals surface area contributed by atoms with E-state index < -0.39 is 0 Å². The third-order valence-corrected chi connectivity index (χ3v) is 8.79. The first-order chi connectivity index (χ1) is 16.4. The lowest BCUT2D eigenvalue weighted by Gasteiger charge is -2.60. The van der Waals surface area contributed by atoms with Gasteiger partial charge in [-0.2, -0.15) is 0 Å². The van der Waals surface area contributed by atoms with Crippen molar-refractivity contribution in [3.05, 3.63) is 53.5 Å². The molecule has 1 aromatic heterocycles. The third kappa shape index (κ3) is 3.07. The van der Waals surface area contributed by atoms with E-state index in [4.69, 9.17) is 9.15 Å². The number of hydrogen-bond donors (Lipinski definition) is 1. The van der Waals surface area contributed by atoms with Crippen LogP contribution in [0.3, 0.4) is 0 Å². The first kappa shape index (κ1) is 21.8. The zero-order valence-electron chi connectivity index (χ0n) is 20.2. The van der Waals surface area contributed by atoms with E-state index >= 15 is 0 Å². The van der Waals surface area contributed by atoms with Gasteiger partial charge >= 0.3 is 0 Å². The summed E-state index contributed by atoms with van der Waals surface area (Å²) in [7, 11) is 2.22. The number of phenolic OH excluding ortho intramolecular Hbond substituents is 1. The van der Waals surface area contributed by atoms with Crippen molar-refractivity contribution in [3.8, 4) is 11.5 Å². The highest BCUT2D eigenvalue weighted by molar-refractivity contribution is 5.92. The molecule has 3 heterocycles. The van der Waals surface area contributed by atoms with Crippen LogP contribution in [0.5, 0.6) is 11.5 Å². The van der Waals surface area contributed by atoms with Crippen molar-refractivity contribution >= 4 is 12.0 Å². The van der Waals surface area contributed by atoms with Crippen LogP contribution in [0.2, 0.25) is 0 Å². The molecule has 2 aromatic rings. The van der Waals surface area contributed by atoms with E-state index in [0.717, 1.165) is 49.1 Å². The second-order valence-corrected chi connectivity index (χ2v) is 11.0. The van der Waals surface area contributed by atoms with Crippen LogP contribution in [0.4, 0.5) is 0 Å². The van der Waals surface area contributed by atoms with Gasteiger partial charge in [0.1, 0.15) is 17.6 Å². The molecule has 34 heavy (non-hydrogen) atoms. The molecule has 2 bridgehead atoms. The average molecular weight is 463 g/mol. The summed E-state index contributed by atoms with van der Waals surface area (Å²) >= 11 is 0. The van der Waals surface area contributed by atoms with E-state index in [1.54, 1.807) is 24.7 Å². The summed E-state index contributed by atoms with van der Waals surface area (Å²) in [6, 6.07) is 6.00. The summed E-state index contributed by atoms with van der Waals surface area (Å²) in [5, 5.41) is 10.8. The lowest BCUT2D eigenvalue weighted by Crippen LogP contribution is -2.68. The standard InChI is InChI=1S/C28H34N2O4/c1-17(2)15-30(25(32)9-4-18-10-13-33-16-18)21-6-5-20-22-14-19-23(31)7-8-24-26(19)28(20,27(21)34-24)11-12-29(22)3/h4,7-10,13,16-17,20-22,27,31H,5-6,11-12,14-15H2,1-3H3/b9-4+/t20-,21-,22+,27-,28-/m0/s1. The molecule has 2 fully saturated rings. The molecule has 1 saturated carbocycles. The molecule has 2 aliphatic carbocycles. The number of hydrogen-bond acceptors (Lipinski definition) is 5. The highest BCUT2D eigenvalue weighted by Gasteiger charge is 2.66. The molecule has 1 amide bonds. The number of ether oxygens (including phenoxy) is 1. The molecule has 1 saturated heterocycles. The first-order valence-electron chi connectivity index (χ1n) is 12.6. The number of piperidine rings is 1. The molecule has 1 spiro atoms. The summed E-state index contributed by atoms with van der Waals surface area (Å²) in [5.74, 6) is 2.17. The molecule has 0 radical (unpaired) electrons. The molecule has 1 N–H and O–H groups in total. The van der Waals surface area contributed by atoms with Crippen molar-refractivity contribution in [3.63, 3.8) is 0 Å². The fraction of sp³-hybridized carbons (Fsp3) is 0.536. The van der Waals surface area contributed by atoms with Gasteiger partial charge in [-0.1, -0.05) is 13.8 Å². The molecule has 6 nitrogen and oxygen atoms in total. The SMILES string of the molecule is CC(C)CN(C(=O)/C=C/c1ccoc1)[C@H]1CC[C@H]2[C@H]3Cc4c(O)ccc5c4[C@@]2(CCN3C)[C@H]1O5. The Morgan fingerprint density at radius 3 is 2.94 bits per heavy atom. The van der Waals surface area contributed by atoms with Crippen molar-refractivity contribution in [2.24, 2.45) is 11.8 Å². The molecule has 2 aliphatic heterocycles. The van der Waals surface area contributed by atoms with Gasteiger partial charge in [-0.05, 0) is 75.4 Å². The lowest BCUT2D eigenvalue weighted by atomic mass is 9.51. The van der Waals surface area contributed by atoms with E-state index in [1.807, 2.05) is 18.2 Å². The summed E-state index contributed by atoms with van der Waals surface area (Å²) < 4.78 is 11.9. The predicted octanol–water partition coefficient (Wildman–Crippen LogP) is 4.22. The maximum absolute atomic E-state index is 13.6. The Kier molecular flexibility index (Phi) is 5.07. The number of nitrogens with zero attached hydrogens (tertiary/aromatic N) is 2. The van der Waals surface area contributed by atoms with E-state index in [1.165, 1.54) is 5.56 Å². The van der Waals surface area contributed by atoms with Crippen LogP contribution in [0.25, 0.3) is 6.08 Å². The number of phenols is 1. The Balaban J connectivity index is 1.41. The van der Waals surface area contributed by atoms with Gasteiger partial charge in [0.05, 0.1) is 18.6 Å². The summed E-state index contributed by atoms with van der Waals surface area (Å²) in [6.07, 6.45) is 10.6. The highest BCUT2D eigenvalue weighted by Crippen LogP contribution is 2.63. The molecule has 6 rings (SSSR count). The van der Waals surface area contributed by atoms with Crippen molar-refractivity contribution in [1.82, 2.24) is 9.80 Å². The number of carbonyl (C=O) groups is 1. The van der Waals surface area contributed by atoms with E-state index in [2.05, 4.69) is 30.7 Å². The van der Waals surface area contributed by atoms with E-state index in [0.29, 0.717) is 30.2 Å². The largest absolute Gasteiger partial charge is 0.508 e. The number of furan rings is 1. The maximum atomic E-state index is 13.6. The van der Waals surface area contributed by atoms with Crippen molar-refractivity contribution in [2.75, 3.05) is 20.1 Å². The third-order valence-electron chi connectivity index (χ3n) is 8.79. The molecule has 180 valence electrons. The fourth-order valence-corrected chi connectivity index (χ4v) is 7.46. The number of likely N-dealkylation sites (tertiary alicyclic amines) is 1. The highest BCUT2D eigenvalue weighted by atomic mass is 16.5. The van der Waals surface area contributed by atoms with Crippen LogP contribution in [0, 0.1) is 11.8 Å². The predicted molar refractivity (Wildman–Crippen MR) is 130 cm³/mol. The zero-order chi connectivity index (χ0) is 23.6. The molecule has 5 atom stereocenters. The van der Waals surface area contributed by atoms with Crippen LogP contribution in [0.15, 0.2) is 41.2 Å². The van der Waals surface area contributed by atoms with Gasteiger partial charge in [0.15, 0.2) is 0 Å². The van der Waals surface area contributed by atoms with Gasteiger partial charge in [-0.3, -0.25) is 4.79 Å². The molecule has 0 unspecified atom stereocenters. The molecular weight excluding hydrogens is 428 g/mol. The number of rotatable bonds is 5.